The Morgan fingerprint density at radius 1 is 1.23 bits per heavy atom. The van der Waals surface area contributed by atoms with Gasteiger partial charge in [0.2, 0.25) is 0 Å². The van der Waals surface area contributed by atoms with E-state index in [1.165, 1.54) is 6.07 Å². The summed E-state index contributed by atoms with van der Waals surface area (Å²) in [6, 6.07) is 3.10. The van der Waals surface area contributed by atoms with Crippen LogP contribution < -0.4 is 11.1 Å². The van der Waals surface area contributed by atoms with Gasteiger partial charge in [-0.3, -0.25) is 4.79 Å². The Labute approximate surface area is 140 Å². The van der Waals surface area contributed by atoms with Gasteiger partial charge < -0.3 is 15.8 Å². The minimum Gasteiger partial charge on any atom is -0.444 e. The lowest BCUT2D eigenvalue weighted by molar-refractivity contribution is -0.118. The van der Waals surface area contributed by atoms with Crippen LogP contribution in [-0.4, -0.2) is 24.0 Å². The summed E-state index contributed by atoms with van der Waals surface area (Å²) in [6.07, 6.45) is -0.230. The quantitative estimate of drug-likeness (QED) is 0.798. The van der Waals surface area contributed by atoms with Crippen molar-refractivity contribution in [1.29, 1.82) is 0 Å². The molecule has 0 aliphatic carbocycles. The van der Waals surface area contributed by atoms with E-state index in [0.717, 1.165) is 0 Å². The second-order valence-corrected chi connectivity index (χ2v) is 6.67. The lowest BCUT2D eigenvalue weighted by Crippen LogP contribution is -2.33. The molecule has 0 heterocycles. The van der Waals surface area contributed by atoms with Crippen molar-refractivity contribution in [3.05, 3.63) is 27.7 Å². The number of carbonyl (C=O) groups is 2. The van der Waals surface area contributed by atoms with Crippen LogP contribution in [0.15, 0.2) is 12.1 Å². The van der Waals surface area contributed by atoms with E-state index in [1.807, 2.05) is 0 Å². The summed E-state index contributed by atoms with van der Waals surface area (Å²) in [5.74, 6) is -0.0684. The van der Waals surface area contributed by atoms with Crippen LogP contribution >= 0.6 is 23.2 Å². The maximum Gasteiger partial charge on any atom is 0.407 e. The highest BCUT2D eigenvalue weighted by atomic mass is 35.5. The van der Waals surface area contributed by atoms with Gasteiger partial charge in [-0.05, 0) is 38.5 Å². The summed E-state index contributed by atoms with van der Waals surface area (Å²) in [4.78, 5) is 23.3. The molecule has 0 spiro atoms. The van der Waals surface area contributed by atoms with Gasteiger partial charge in [-0.25, -0.2) is 4.79 Å². The van der Waals surface area contributed by atoms with Crippen molar-refractivity contribution in [1.82, 2.24) is 5.32 Å². The number of nitrogens with two attached hydrogens (primary N) is 1. The molecule has 1 aromatic carbocycles. The fourth-order valence-corrected chi connectivity index (χ4v) is 2.03. The molecular formula is C15H20Cl2N2O3. The Bertz CT molecular complexity index is 569. The second-order valence-electron chi connectivity index (χ2n) is 5.86. The first-order valence-electron chi connectivity index (χ1n) is 6.80. The molecule has 5 nitrogen and oxygen atoms in total. The Balaban J connectivity index is 2.45. The number of alkyl carbamates (subject to hydrolysis) is 1. The molecule has 1 rings (SSSR count). The molecule has 0 aliphatic rings. The van der Waals surface area contributed by atoms with Gasteiger partial charge in [0, 0.05) is 25.1 Å². The van der Waals surface area contributed by atoms with Gasteiger partial charge in [0.15, 0.2) is 0 Å². The zero-order valence-corrected chi connectivity index (χ0v) is 14.3. The highest BCUT2D eigenvalue weighted by Gasteiger charge is 2.16. The van der Waals surface area contributed by atoms with E-state index in [-0.39, 0.29) is 25.2 Å². The minimum absolute atomic E-state index is 0.0684. The molecule has 0 fully saturated rings. The van der Waals surface area contributed by atoms with E-state index in [0.29, 0.717) is 21.3 Å². The molecule has 0 aromatic heterocycles. The van der Waals surface area contributed by atoms with Crippen molar-refractivity contribution < 1.29 is 14.3 Å². The van der Waals surface area contributed by atoms with Gasteiger partial charge in [-0.1, -0.05) is 23.2 Å². The zero-order chi connectivity index (χ0) is 16.9. The van der Waals surface area contributed by atoms with Crippen molar-refractivity contribution in [2.75, 3.05) is 12.3 Å². The van der Waals surface area contributed by atoms with E-state index >= 15 is 0 Å². The van der Waals surface area contributed by atoms with Crippen molar-refractivity contribution in [2.45, 2.75) is 39.2 Å². The molecular weight excluding hydrogens is 327 g/mol. The molecule has 1 amide bonds. The van der Waals surface area contributed by atoms with Crippen LogP contribution in [0.5, 0.6) is 0 Å². The number of nitrogens with one attached hydrogen (secondary N) is 1. The number of Topliss-reactive ketones (excluding diaryl/α,β-unsaturated/α-hetero) is 1. The average molecular weight is 347 g/mol. The number of nitrogen functional groups attached to an aromatic ring is 1. The summed E-state index contributed by atoms with van der Waals surface area (Å²) in [7, 11) is 0. The highest BCUT2D eigenvalue weighted by molar-refractivity contribution is 6.42. The monoisotopic (exact) mass is 346 g/mol. The highest BCUT2D eigenvalue weighted by Crippen LogP contribution is 2.27. The van der Waals surface area contributed by atoms with Crippen LogP contribution in [0.4, 0.5) is 10.5 Å². The standard InChI is InChI=1S/C15H20Cl2N2O3/c1-15(2,3)22-14(21)19-5-4-10(20)6-9-7-11(16)12(17)8-13(9)18/h7-8H,4-6,18H2,1-3H3,(H,19,21). The van der Waals surface area contributed by atoms with Crippen molar-refractivity contribution in [3.8, 4) is 0 Å². The van der Waals surface area contributed by atoms with E-state index < -0.39 is 11.7 Å². The van der Waals surface area contributed by atoms with Crippen molar-refractivity contribution in [3.63, 3.8) is 0 Å². The molecule has 1 aromatic rings. The molecule has 0 radical (unpaired) electrons. The number of rotatable bonds is 5. The Hall–Kier alpha value is -1.46. The number of amides is 1. The number of carbonyl (C=O) groups excluding carboxylic acids is 2. The van der Waals surface area contributed by atoms with Crippen LogP contribution in [0, 0.1) is 0 Å². The van der Waals surface area contributed by atoms with Crippen molar-refractivity contribution >= 4 is 40.8 Å². The molecule has 0 saturated heterocycles. The summed E-state index contributed by atoms with van der Waals surface area (Å²) in [5, 5.41) is 3.23. The summed E-state index contributed by atoms with van der Waals surface area (Å²) in [5.41, 5.74) is 6.27. The van der Waals surface area contributed by atoms with E-state index in [2.05, 4.69) is 5.32 Å². The van der Waals surface area contributed by atoms with E-state index in [9.17, 15) is 9.59 Å². The van der Waals surface area contributed by atoms with Gasteiger partial charge in [0.25, 0.3) is 0 Å². The maximum atomic E-state index is 11.9. The Kier molecular flexibility index (Phi) is 6.50. The van der Waals surface area contributed by atoms with Crippen LogP contribution in [0.1, 0.15) is 32.8 Å². The summed E-state index contributed by atoms with van der Waals surface area (Å²) in [6.45, 7) is 5.51. The number of ether oxygens (including phenoxy) is 1. The van der Waals surface area contributed by atoms with E-state index in [1.54, 1.807) is 26.8 Å². The fourth-order valence-electron chi connectivity index (χ4n) is 1.68. The Morgan fingerprint density at radius 3 is 2.41 bits per heavy atom. The fraction of sp³-hybridized carbons (Fsp3) is 0.467. The number of benzene rings is 1. The largest absolute Gasteiger partial charge is 0.444 e. The van der Waals surface area contributed by atoms with Gasteiger partial charge in [0.1, 0.15) is 11.4 Å². The first-order valence-corrected chi connectivity index (χ1v) is 7.56. The molecule has 3 N–H and O–H groups in total. The number of anilines is 1. The molecule has 0 aliphatic heterocycles. The van der Waals surface area contributed by atoms with Crippen LogP contribution in [0.25, 0.3) is 0 Å². The van der Waals surface area contributed by atoms with E-state index in [4.69, 9.17) is 33.7 Å². The second kappa shape index (κ2) is 7.70. The molecule has 0 bridgehead atoms. The minimum atomic E-state index is -0.567. The van der Waals surface area contributed by atoms with Crippen molar-refractivity contribution in [2.24, 2.45) is 0 Å². The van der Waals surface area contributed by atoms with Gasteiger partial charge >= 0.3 is 6.09 Å². The van der Waals surface area contributed by atoms with Crippen LogP contribution in [0.3, 0.4) is 0 Å². The molecule has 22 heavy (non-hydrogen) atoms. The SMILES string of the molecule is CC(C)(C)OC(=O)NCCC(=O)Cc1cc(Cl)c(Cl)cc1N. The third-order valence-corrected chi connectivity index (χ3v) is 3.36. The molecule has 0 saturated carbocycles. The normalized spacial score (nSPS) is 11.1. The lowest BCUT2D eigenvalue weighted by Gasteiger charge is -2.19. The van der Waals surface area contributed by atoms with Crippen LogP contribution in [0.2, 0.25) is 10.0 Å². The smallest absolute Gasteiger partial charge is 0.407 e. The average Bonchev–Trinajstić information content (AvgIpc) is 2.33. The molecule has 7 heteroatoms. The maximum absolute atomic E-state index is 11.9. The van der Waals surface area contributed by atoms with Gasteiger partial charge in [-0.15, -0.1) is 0 Å². The van der Waals surface area contributed by atoms with Gasteiger partial charge in [-0.2, -0.15) is 0 Å². The molecule has 122 valence electrons. The third-order valence-electron chi connectivity index (χ3n) is 2.64. The predicted octanol–water partition coefficient (Wildman–Crippen LogP) is 3.60. The summed E-state index contributed by atoms with van der Waals surface area (Å²) < 4.78 is 5.07. The zero-order valence-electron chi connectivity index (χ0n) is 12.8. The predicted molar refractivity (Wildman–Crippen MR) is 88.4 cm³/mol. The van der Waals surface area contributed by atoms with Crippen LogP contribution in [-0.2, 0) is 16.0 Å². The molecule has 0 unspecified atom stereocenters. The third kappa shape index (κ3) is 6.54. The van der Waals surface area contributed by atoms with Gasteiger partial charge in [0.05, 0.1) is 10.0 Å². The Morgan fingerprint density at radius 2 is 1.82 bits per heavy atom. The first kappa shape index (κ1) is 18.6. The number of hydrogen-bond donors (Lipinski definition) is 2. The first-order chi connectivity index (χ1) is 10.1. The number of hydrogen-bond acceptors (Lipinski definition) is 4. The lowest BCUT2D eigenvalue weighted by atomic mass is 10.1. The number of ketones is 1. The summed E-state index contributed by atoms with van der Waals surface area (Å²) >= 11 is 11.7. The molecule has 0 atom stereocenters. The number of halogens is 2. The topological polar surface area (TPSA) is 81.4 Å².